The SMILES string of the molecule is Cc1nn(C)c(C)c1S(=O)(=O)N1CCCC(Cn2c(C3CC3)nc3cccnc32)C1. The maximum atomic E-state index is 13.4. The van der Waals surface area contributed by atoms with Crippen LogP contribution < -0.4 is 0 Å². The molecular formula is C21H28N6O2S. The Morgan fingerprint density at radius 1 is 1.20 bits per heavy atom. The number of hydrogen-bond acceptors (Lipinski definition) is 5. The largest absolute Gasteiger partial charge is 0.312 e. The van der Waals surface area contributed by atoms with Crippen LogP contribution in [0.1, 0.15) is 48.8 Å². The number of pyridine rings is 1. The van der Waals surface area contributed by atoms with Gasteiger partial charge in [-0.15, -0.1) is 0 Å². The molecule has 0 N–H and O–H groups in total. The first-order chi connectivity index (χ1) is 14.4. The number of nitrogens with zero attached hydrogens (tertiary/aromatic N) is 6. The van der Waals surface area contributed by atoms with Crippen LogP contribution in [0.4, 0.5) is 0 Å². The van der Waals surface area contributed by atoms with Crippen LogP contribution in [-0.2, 0) is 23.6 Å². The number of rotatable bonds is 5. The molecule has 1 aliphatic heterocycles. The van der Waals surface area contributed by atoms with Gasteiger partial charge < -0.3 is 4.57 Å². The predicted octanol–water partition coefficient (Wildman–Crippen LogP) is 2.76. The minimum absolute atomic E-state index is 0.239. The quantitative estimate of drug-likeness (QED) is 0.624. The summed E-state index contributed by atoms with van der Waals surface area (Å²) in [6, 6.07) is 3.93. The molecule has 3 aromatic rings. The average Bonchev–Trinajstić information content (AvgIpc) is 3.45. The lowest BCUT2D eigenvalue weighted by molar-refractivity contribution is 0.245. The molecule has 0 amide bonds. The van der Waals surface area contributed by atoms with Crippen LogP contribution in [0.15, 0.2) is 23.2 Å². The van der Waals surface area contributed by atoms with Crippen molar-refractivity contribution in [1.82, 2.24) is 28.6 Å². The Kier molecular flexibility index (Phi) is 4.70. The molecule has 1 atom stereocenters. The zero-order chi connectivity index (χ0) is 21.0. The molecule has 2 fully saturated rings. The van der Waals surface area contributed by atoms with Crippen LogP contribution in [-0.4, -0.2) is 50.1 Å². The summed E-state index contributed by atoms with van der Waals surface area (Å²) in [5, 5.41) is 4.31. The Balaban J connectivity index is 1.43. The molecule has 30 heavy (non-hydrogen) atoms. The van der Waals surface area contributed by atoms with Gasteiger partial charge in [-0.05, 0) is 57.6 Å². The number of aromatic nitrogens is 5. The van der Waals surface area contributed by atoms with Gasteiger partial charge in [0, 0.05) is 38.8 Å². The maximum Gasteiger partial charge on any atom is 0.246 e. The number of piperidine rings is 1. The minimum atomic E-state index is -3.56. The molecule has 1 saturated heterocycles. The normalized spacial score (nSPS) is 20.8. The van der Waals surface area contributed by atoms with E-state index in [0.717, 1.165) is 36.4 Å². The molecule has 1 aliphatic carbocycles. The molecule has 0 spiro atoms. The number of imidazole rings is 1. The molecule has 1 saturated carbocycles. The zero-order valence-corrected chi connectivity index (χ0v) is 18.6. The third kappa shape index (κ3) is 3.24. The van der Waals surface area contributed by atoms with Crippen molar-refractivity contribution in [3.05, 3.63) is 35.5 Å². The van der Waals surface area contributed by atoms with Crippen molar-refractivity contribution in [3.63, 3.8) is 0 Å². The van der Waals surface area contributed by atoms with Gasteiger partial charge in [-0.1, -0.05) is 0 Å². The highest BCUT2D eigenvalue weighted by molar-refractivity contribution is 7.89. The Morgan fingerprint density at radius 2 is 2.00 bits per heavy atom. The van der Waals surface area contributed by atoms with Crippen LogP contribution >= 0.6 is 0 Å². The van der Waals surface area contributed by atoms with Crippen molar-refractivity contribution >= 4 is 21.2 Å². The fraction of sp³-hybridized carbons (Fsp3) is 0.571. The van der Waals surface area contributed by atoms with Crippen molar-refractivity contribution in [2.75, 3.05) is 13.1 Å². The highest BCUT2D eigenvalue weighted by Gasteiger charge is 2.36. The molecule has 1 unspecified atom stereocenters. The third-order valence-electron chi connectivity index (χ3n) is 6.44. The van der Waals surface area contributed by atoms with Crippen LogP contribution in [0.3, 0.4) is 0 Å². The van der Waals surface area contributed by atoms with Gasteiger partial charge in [0.2, 0.25) is 10.0 Å². The second kappa shape index (κ2) is 7.16. The second-order valence-corrected chi connectivity index (χ2v) is 10.6. The second-order valence-electron chi connectivity index (χ2n) is 8.70. The molecule has 5 rings (SSSR count). The van der Waals surface area contributed by atoms with Gasteiger partial charge in [-0.25, -0.2) is 18.4 Å². The Hall–Kier alpha value is -2.26. The van der Waals surface area contributed by atoms with Gasteiger partial charge in [-0.3, -0.25) is 4.68 Å². The average molecular weight is 429 g/mol. The molecular weight excluding hydrogens is 400 g/mol. The van der Waals surface area contributed by atoms with Crippen molar-refractivity contribution in [2.45, 2.75) is 56.9 Å². The summed E-state index contributed by atoms with van der Waals surface area (Å²) in [6.07, 6.45) is 6.03. The third-order valence-corrected chi connectivity index (χ3v) is 8.56. The zero-order valence-electron chi connectivity index (χ0n) is 17.7. The Morgan fingerprint density at radius 3 is 2.70 bits per heavy atom. The molecule has 3 aromatic heterocycles. The first kappa shape index (κ1) is 19.7. The van der Waals surface area contributed by atoms with Gasteiger partial charge in [0.25, 0.3) is 0 Å². The van der Waals surface area contributed by atoms with Crippen molar-refractivity contribution in [3.8, 4) is 0 Å². The van der Waals surface area contributed by atoms with Crippen LogP contribution in [0.5, 0.6) is 0 Å². The van der Waals surface area contributed by atoms with Crippen LogP contribution in [0.2, 0.25) is 0 Å². The maximum absolute atomic E-state index is 13.4. The Bertz CT molecular complexity index is 1210. The van der Waals surface area contributed by atoms with Crippen LogP contribution in [0, 0.1) is 19.8 Å². The van der Waals surface area contributed by atoms with E-state index >= 15 is 0 Å². The summed E-state index contributed by atoms with van der Waals surface area (Å²) < 4.78 is 32.4. The number of hydrogen-bond donors (Lipinski definition) is 0. The van der Waals surface area contributed by atoms with Gasteiger partial charge in [0.05, 0.1) is 11.4 Å². The molecule has 0 radical (unpaired) electrons. The lowest BCUT2D eigenvalue weighted by Gasteiger charge is -2.32. The van der Waals surface area contributed by atoms with Crippen molar-refractivity contribution in [2.24, 2.45) is 13.0 Å². The van der Waals surface area contributed by atoms with Gasteiger partial charge >= 0.3 is 0 Å². The molecule has 160 valence electrons. The van der Waals surface area contributed by atoms with E-state index in [4.69, 9.17) is 4.98 Å². The lowest BCUT2D eigenvalue weighted by Crippen LogP contribution is -2.41. The van der Waals surface area contributed by atoms with E-state index in [2.05, 4.69) is 14.6 Å². The highest BCUT2D eigenvalue weighted by Crippen LogP contribution is 2.41. The van der Waals surface area contributed by atoms with Crippen molar-refractivity contribution < 1.29 is 8.42 Å². The minimum Gasteiger partial charge on any atom is -0.312 e. The van der Waals surface area contributed by atoms with Gasteiger partial charge in [-0.2, -0.15) is 9.40 Å². The summed E-state index contributed by atoms with van der Waals surface area (Å²) in [5.41, 5.74) is 3.10. The van der Waals surface area contributed by atoms with Gasteiger partial charge in [0.1, 0.15) is 16.2 Å². The fourth-order valence-electron chi connectivity index (χ4n) is 4.72. The topological polar surface area (TPSA) is 85.9 Å². The van der Waals surface area contributed by atoms with E-state index in [0.29, 0.717) is 35.3 Å². The molecule has 2 aliphatic rings. The number of sulfonamides is 1. The summed E-state index contributed by atoms with van der Waals surface area (Å²) in [6.45, 7) is 5.43. The van der Waals surface area contributed by atoms with E-state index in [1.807, 2.05) is 25.3 Å². The highest BCUT2D eigenvalue weighted by atomic mass is 32.2. The standard InChI is InChI=1S/C21H28N6O2S/c1-14-19(15(2)25(3)24-14)30(28,29)26-11-5-6-16(12-26)13-27-20(17-8-9-17)23-18-7-4-10-22-21(18)27/h4,7,10,16-17H,5-6,8-9,11-13H2,1-3H3. The number of fused-ring (bicyclic) bond motifs is 1. The summed E-state index contributed by atoms with van der Waals surface area (Å²) >= 11 is 0. The van der Waals surface area contributed by atoms with E-state index < -0.39 is 10.0 Å². The summed E-state index contributed by atoms with van der Waals surface area (Å²) in [4.78, 5) is 9.78. The van der Waals surface area contributed by atoms with Gasteiger partial charge in [0.15, 0.2) is 5.65 Å². The predicted molar refractivity (Wildman–Crippen MR) is 114 cm³/mol. The molecule has 0 aromatic carbocycles. The van der Waals surface area contributed by atoms with E-state index in [-0.39, 0.29) is 5.92 Å². The first-order valence-corrected chi connectivity index (χ1v) is 12.1. The molecule has 9 heteroatoms. The monoisotopic (exact) mass is 428 g/mol. The Labute approximate surface area is 177 Å². The molecule has 4 heterocycles. The number of aryl methyl sites for hydroxylation is 2. The summed E-state index contributed by atoms with van der Waals surface area (Å²) in [7, 11) is -1.77. The summed E-state index contributed by atoms with van der Waals surface area (Å²) in [5.74, 6) is 1.87. The fourth-order valence-corrected chi connectivity index (χ4v) is 6.67. The van der Waals surface area contributed by atoms with E-state index in [1.165, 1.54) is 12.8 Å². The van der Waals surface area contributed by atoms with E-state index in [9.17, 15) is 8.42 Å². The lowest BCUT2D eigenvalue weighted by atomic mass is 9.99. The molecule has 0 bridgehead atoms. The van der Waals surface area contributed by atoms with Crippen molar-refractivity contribution in [1.29, 1.82) is 0 Å². The van der Waals surface area contributed by atoms with E-state index in [1.54, 1.807) is 23.0 Å². The molecule has 8 nitrogen and oxygen atoms in total. The smallest absolute Gasteiger partial charge is 0.246 e. The van der Waals surface area contributed by atoms with Crippen LogP contribution in [0.25, 0.3) is 11.2 Å². The first-order valence-electron chi connectivity index (χ1n) is 10.7.